The number of rotatable bonds is 1. The molecule has 1 atom stereocenters. The van der Waals surface area contributed by atoms with Crippen molar-refractivity contribution in [3.8, 4) is 11.1 Å². The summed E-state index contributed by atoms with van der Waals surface area (Å²) in [6.07, 6.45) is 1.92. The van der Waals surface area contributed by atoms with E-state index in [0.717, 1.165) is 39.8 Å². The minimum atomic E-state index is -0.481. The number of para-hydroxylation sites is 1. The van der Waals surface area contributed by atoms with E-state index in [2.05, 4.69) is 46.2 Å². The number of ether oxygens (including phenoxy) is 1. The van der Waals surface area contributed by atoms with Crippen LogP contribution in [0.5, 0.6) is 0 Å². The number of likely N-dealkylation sites (N-methyl/N-ethyl adjacent to an activating group) is 1. The van der Waals surface area contributed by atoms with E-state index >= 15 is 0 Å². The monoisotopic (exact) mass is 403 g/mol. The van der Waals surface area contributed by atoms with Crippen LogP contribution in [0.2, 0.25) is 5.02 Å². The average molecular weight is 404 g/mol. The fourth-order valence-corrected chi connectivity index (χ4v) is 5.51. The second kappa shape index (κ2) is 5.45. The Labute approximate surface area is 172 Å². The summed E-state index contributed by atoms with van der Waals surface area (Å²) in [6, 6.07) is 14.3. The van der Waals surface area contributed by atoms with E-state index in [-0.39, 0.29) is 5.97 Å². The van der Waals surface area contributed by atoms with Gasteiger partial charge >= 0.3 is 5.97 Å². The van der Waals surface area contributed by atoms with Gasteiger partial charge in [0.1, 0.15) is 5.69 Å². The van der Waals surface area contributed by atoms with E-state index in [1.807, 2.05) is 24.4 Å². The Morgan fingerprint density at radius 2 is 2.07 bits per heavy atom. The maximum absolute atomic E-state index is 12.7. The molecule has 29 heavy (non-hydrogen) atoms. The van der Waals surface area contributed by atoms with E-state index in [1.165, 1.54) is 18.4 Å². The van der Waals surface area contributed by atoms with E-state index in [1.54, 1.807) is 0 Å². The van der Waals surface area contributed by atoms with Gasteiger partial charge in [0.2, 0.25) is 0 Å². The molecule has 0 fully saturated rings. The molecule has 0 saturated carbocycles. The smallest absolute Gasteiger partial charge is 0.354 e. The number of fused-ring (bicyclic) bond motifs is 9. The van der Waals surface area contributed by atoms with Crippen molar-refractivity contribution >= 4 is 34.2 Å². The quantitative estimate of drug-likeness (QED) is 0.453. The van der Waals surface area contributed by atoms with Crippen molar-refractivity contribution in [3.63, 3.8) is 0 Å². The Bertz CT molecular complexity index is 1340. The van der Waals surface area contributed by atoms with Crippen LogP contribution < -0.4 is 4.90 Å². The van der Waals surface area contributed by atoms with Crippen molar-refractivity contribution in [2.24, 2.45) is 0 Å². The molecule has 2 N–H and O–H groups in total. The molecule has 1 aliphatic heterocycles. The van der Waals surface area contributed by atoms with Gasteiger partial charge in [-0.15, -0.1) is 0 Å². The summed E-state index contributed by atoms with van der Waals surface area (Å²) in [7, 11) is 3.51. The largest absolute Gasteiger partial charge is 0.464 e. The van der Waals surface area contributed by atoms with Crippen molar-refractivity contribution in [3.05, 3.63) is 76.2 Å². The maximum Gasteiger partial charge on any atom is 0.354 e. The number of benzene rings is 2. The van der Waals surface area contributed by atoms with Crippen LogP contribution in [0.4, 0.5) is 5.69 Å². The van der Waals surface area contributed by atoms with E-state index in [0.29, 0.717) is 10.7 Å². The van der Waals surface area contributed by atoms with Gasteiger partial charge in [-0.3, -0.25) is 0 Å². The van der Waals surface area contributed by atoms with Crippen LogP contribution in [0.3, 0.4) is 0 Å². The molecule has 0 saturated heterocycles. The van der Waals surface area contributed by atoms with Crippen LogP contribution in [0.1, 0.15) is 27.3 Å². The van der Waals surface area contributed by atoms with Gasteiger partial charge in [0, 0.05) is 63.8 Å². The summed E-state index contributed by atoms with van der Waals surface area (Å²) in [6.45, 7) is 0.731. The molecule has 0 radical (unpaired) electrons. The number of hydrogen-bond acceptors (Lipinski definition) is 3. The third kappa shape index (κ3) is 1.88. The molecule has 2 aromatic heterocycles. The number of methoxy groups -OCH3 is 1. The molecule has 3 heterocycles. The van der Waals surface area contributed by atoms with Gasteiger partial charge in [0.05, 0.1) is 12.5 Å². The lowest BCUT2D eigenvalue weighted by atomic mass is 9.76. The van der Waals surface area contributed by atoms with Crippen LogP contribution in [0, 0.1) is 0 Å². The zero-order chi connectivity index (χ0) is 19.9. The predicted octanol–water partition coefficient (Wildman–Crippen LogP) is 4.70. The van der Waals surface area contributed by atoms with Crippen molar-refractivity contribution in [2.75, 3.05) is 25.6 Å². The van der Waals surface area contributed by atoms with Crippen molar-refractivity contribution in [2.45, 2.75) is 5.41 Å². The molecule has 4 aromatic rings. The molecule has 6 rings (SSSR count). The van der Waals surface area contributed by atoms with E-state index in [4.69, 9.17) is 16.3 Å². The standard InChI is InChI=1S/C23H18ClN3O2/c1-27-11-23(15-5-3-4-6-17(15)27)19-14(10-25-20(19)22(28)29-2)18-13-9-12(24)7-8-16(13)26-21(18)23/h3-10,25-26H,11H2,1-2H3/t23-/m0/s1. The second-order valence-corrected chi connectivity index (χ2v) is 8.22. The third-order valence-corrected chi connectivity index (χ3v) is 6.64. The van der Waals surface area contributed by atoms with Crippen molar-refractivity contribution in [1.82, 2.24) is 9.97 Å². The first-order chi connectivity index (χ1) is 14.1. The summed E-state index contributed by atoms with van der Waals surface area (Å²) < 4.78 is 5.10. The number of aromatic nitrogens is 2. The maximum atomic E-state index is 12.7. The normalized spacial score (nSPS) is 18.9. The Morgan fingerprint density at radius 1 is 1.24 bits per heavy atom. The molecule has 144 valence electrons. The summed E-state index contributed by atoms with van der Waals surface area (Å²) >= 11 is 6.33. The zero-order valence-corrected chi connectivity index (χ0v) is 16.7. The SMILES string of the molecule is COC(=O)c1[nH]cc2c1[C@@]1(CN(C)c3ccccc31)c1[nH]c3ccc(Cl)cc3c1-2. The molecule has 6 heteroatoms. The first-order valence-electron chi connectivity index (χ1n) is 9.49. The Balaban J connectivity index is 1.79. The number of H-pyrrole nitrogens is 2. The Hall–Kier alpha value is -3.18. The molecule has 1 aliphatic carbocycles. The van der Waals surface area contributed by atoms with Crippen LogP contribution in [-0.4, -0.2) is 36.6 Å². The molecule has 0 amide bonds. The molecule has 0 unspecified atom stereocenters. The van der Waals surface area contributed by atoms with Crippen LogP contribution in [0.15, 0.2) is 48.7 Å². The number of esters is 1. The Kier molecular flexibility index (Phi) is 3.15. The molecule has 2 aliphatic rings. The minimum absolute atomic E-state index is 0.356. The fourth-order valence-electron chi connectivity index (χ4n) is 5.34. The highest BCUT2D eigenvalue weighted by atomic mass is 35.5. The van der Waals surface area contributed by atoms with Gasteiger partial charge in [0.15, 0.2) is 0 Å². The van der Waals surface area contributed by atoms with E-state index in [9.17, 15) is 4.79 Å². The van der Waals surface area contributed by atoms with Gasteiger partial charge in [-0.2, -0.15) is 0 Å². The van der Waals surface area contributed by atoms with Crippen LogP contribution in [-0.2, 0) is 10.2 Å². The van der Waals surface area contributed by atoms with E-state index < -0.39 is 5.41 Å². The Morgan fingerprint density at radius 3 is 2.90 bits per heavy atom. The highest BCUT2D eigenvalue weighted by Gasteiger charge is 2.54. The first-order valence-corrected chi connectivity index (χ1v) is 9.87. The lowest BCUT2D eigenvalue weighted by Gasteiger charge is -2.27. The number of hydrogen-bond donors (Lipinski definition) is 2. The fraction of sp³-hybridized carbons (Fsp3) is 0.174. The van der Waals surface area contributed by atoms with Crippen molar-refractivity contribution in [1.29, 1.82) is 0 Å². The van der Waals surface area contributed by atoms with Gasteiger partial charge in [-0.1, -0.05) is 29.8 Å². The lowest BCUT2D eigenvalue weighted by Crippen LogP contribution is -2.34. The van der Waals surface area contributed by atoms with Crippen molar-refractivity contribution < 1.29 is 9.53 Å². The van der Waals surface area contributed by atoms with Crippen LogP contribution >= 0.6 is 11.6 Å². The van der Waals surface area contributed by atoms with Crippen LogP contribution in [0.25, 0.3) is 22.0 Å². The topological polar surface area (TPSA) is 61.1 Å². The number of nitrogens with zero attached hydrogens (tertiary/aromatic N) is 1. The number of nitrogens with one attached hydrogen (secondary N) is 2. The summed E-state index contributed by atoms with van der Waals surface area (Å²) in [5.74, 6) is -0.356. The number of carbonyl (C=O) groups excluding carboxylic acids is 1. The number of halogens is 1. The van der Waals surface area contributed by atoms with Gasteiger partial charge in [0.25, 0.3) is 0 Å². The molecular weight excluding hydrogens is 386 g/mol. The van der Waals surface area contributed by atoms with Gasteiger partial charge in [-0.05, 0) is 29.8 Å². The van der Waals surface area contributed by atoms with Gasteiger partial charge in [-0.25, -0.2) is 4.79 Å². The van der Waals surface area contributed by atoms with Gasteiger partial charge < -0.3 is 19.6 Å². The molecule has 2 aromatic carbocycles. The number of carbonyl (C=O) groups is 1. The molecule has 0 bridgehead atoms. The summed E-state index contributed by atoms with van der Waals surface area (Å²) in [5.41, 5.74) is 7.63. The average Bonchev–Trinajstić information content (AvgIpc) is 3.44. The number of aromatic amines is 2. The highest BCUT2D eigenvalue weighted by molar-refractivity contribution is 6.31. The molecular formula is C23H18ClN3O2. The summed E-state index contributed by atoms with van der Waals surface area (Å²) in [5, 5.41) is 1.75. The number of anilines is 1. The first kappa shape index (κ1) is 16.7. The second-order valence-electron chi connectivity index (χ2n) is 7.79. The summed E-state index contributed by atoms with van der Waals surface area (Å²) in [4.78, 5) is 21.8. The molecule has 5 nitrogen and oxygen atoms in total. The third-order valence-electron chi connectivity index (χ3n) is 6.40. The molecule has 1 spiro atoms. The highest BCUT2D eigenvalue weighted by Crippen LogP contribution is 2.60. The predicted molar refractivity (Wildman–Crippen MR) is 114 cm³/mol. The zero-order valence-electron chi connectivity index (χ0n) is 16.0. The lowest BCUT2D eigenvalue weighted by molar-refractivity contribution is 0.0592. The minimum Gasteiger partial charge on any atom is -0.464 e.